The van der Waals surface area contributed by atoms with E-state index in [4.69, 9.17) is 30.1 Å². The highest BCUT2D eigenvalue weighted by Gasteiger charge is 2.33. The normalized spacial score (nSPS) is 11.5. The SMILES string of the molecule is CCC(=O)N(OC(=O)c1ccccc1)[C@@H](CO)C(=O)O.CCC(=O)N(OC(=O)c1ccccc1C)[C@@H](CO)C(=O)O. The Kier molecular flexibility index (Phi) is 14.2. The lowest BCUT2D eigenvalue weighted by molar-refractivity contribution is -0.190. The van der Waals surface area contributed by atoms with E-state index in [0.29, 0.717) is 15.7 Å². The van der Waals surface area contributed by atoms with Crippen LogP contribution in [0.5, 0.6) is 0 Å². The van der Waals surface area contributed by atoms with Crippen molar-refractivity contribution in [2.24, 2.45) is 0 Å². The summed E-state index contributed by atoms with van der Waals surface area (Å²) in [4.78, 5) is 79.0. The summed E-state index contributed by atoms with van der Waals surface area (Å²) in [6.45, 7) is 2.95. The van der Waals surface area contributed by atoms with E-state index in [1.165, 1.54) is 32.0 Å². The summed E-state index contributed by atoms with van der Waals surface area (Å²) in [7, 11) is 0. The highest BCUT2D eigenvalue weighted by molar-refractivity contribution is 5.93. The molecule has 222 valence electrons. The van der Waals surface area contributed by atoms with Crippen LogP contribution < -0.4 is 0 Å². The second-order valence-electron chi connectivity index (χ2n) is 8.16. The summed E-state index contributed by atoms with van der Waals surface area (Å²) in [5, 5.41) is 36.8. The molecule has 0 saturated carbocycles. The first kappa shape index (κ1) is 34.2. The Hall–Kier alpha value is -4.82. The van der Waals surface area contributed by atoms with Gasteiger partial charge in [0.05, 0.1) is 24.3 Å². The topological polar surface area (TPSA) is 208 Å². The monoisotopic (exact) mass is 576 g/mol. The Morgan fingerprint density at radius 1 is 0.683 bits per heavy atom. The second-order valence-corrected chi connectivity index (χ2v) is 8.16. The number of hydrogen-bond donors (Lipinski definition) is 4. The Morgan fingerprint density at radius 2 is 1.10 bits per heavy atom. The number of hydrogen-bond acceptors (Lipinski definition) is 10. The lowest BCUT2D eigenvalue weighted by Gasteiger charge is -2.25. The number of benzene rings is 2. The molecule has 0 radical (unpaired) electrons. The Bertz CT molecular complexity index is 1220. The maximum Gasteiger partial charge on any atom is 0.363 e. The number of aliphatic carboxylic acids is 2. The molecule has 2 atom stereocenters. The quantitative estimate of drug-likeness (QED) is 0.294. The van der Waals surface area contributed by atoms with Crippen LogP contribution in [0.25, 0.3) is 0 Å². The molecule has 2 aromatic rings. The van der Waals surface area contributed by atoms with E-state index in [1.807, 2.05) is 0 Å². The molecular weight excluding hydrogens is 544 g/mol. The molecule has 0 unspecified atom stereocenters. The maximum absolute atomic E-state index is 12.0. The van der Waals surface area contributed by atoms with E-state index in [1.54, 1.807) is 43.3 Å². The first-order valence-electron chi connectivity index (χ1n) is 12.3. The van der Waals surface area contributed by atoms with E-state index in [9.17, 15) is 28.8 Å². The molecule has 14 heteroatoms. The molecule has 14 nitrogen and oxygen atoms in total. The predicted octanol–water partition coefficient (Wildman–Crippen LogP) is 1.19. The Balaban J connectivity index is 0.000000410. The van der Waals surface area contributed by atoms with Gasteiger partial charge in [-0.15, -0.1) is 0 Å². The van der Waals surface area contributed by atoms with Gasteiger partial charge in [-0.05, 0) is 30.7 Å². The molecule has 0 spiro atoms. The third-order valence-electron chi connectivity index (χ3n) is 5.32. The highest BCUT2D eigenvalue weighted by Crippen LogP contribution is 2.13. The standard InChI is InChI=1S/C14H17NO6.C13H15NO6/c1-3-12(17)15(11(8-16)13(18)19)21-14(20)10-7-5-4-6-9(10)2;1-2-11(16)14(10(8-15)12(17)18)20-13(19)9-6-4-3-5-7-9/h4-7,11,16H,3,8H2,1-2H3,(H,18,19);3-7,10,15H,2,8H2,1H3,(H,17,18)/t11-;10-/m00/s1. The third kappa shape index (κ3) is 10.0. The van der Waals surface area contributed by atoms with Gasteiger partial charge < -0.3 is 30.1 Å². The number of nitrogens with zero attached hydrogens (tertiary/aromatic N) is 2. The van der Waals surface area contributed by atoms with Gasteiger partial charge in [-0.2, -0.15) is 10.1 Å². The van der Waals surface area contributed by atoms with Crippen molar-refractivity contribution in [1.29, 1.82) is 0 Å². The number of aliphatic hydroxyl groups excluding tert-OH is 2. The minimum atomic E-state index is -1.63. The van der Waals surface area contributed by atoms with Crippen LogP contribution in [0.15, 0.2) is 54.6 Å². The molecular formula is C27H32N2O12. The zero-order valence-electron chi connectivity index (χ0n) is 22.6. The lowest BCUT2D eigenvalue weighted by atomic mass is 10.1. The van der Waals surface area contributed by atoms with Crippen LogP contribution in [0.2, 0.25) is 0 Å². The van der Waals surface area contributed by atoms with E-state index < -0.39 is 61.0 Å². The number of hydroxylamine groups is 4. The number of carbonyl (C=O) groups is 6. The van der Waals surface area contributed by atoms with Crippen LogP contribution in [0.4, 0.5) is 0 Å². The molecule has 0 aliphatic heterocycles. The van der Waals surface area contributed by atoms with Crippen molar-refractivity contribution in [2.75, 3.05) is 13.2 Å². The average molecular weight is 577 g/mol. The maximum atomic E-state index is 12.0. The molecule has 2 aromatic carbocycles. The van der Waals surface area contributed by atoms with Crippen molar-refractivity contribution in [3.8, 4) is 0 Å². The van der Waals surface area contributed by atoms with Gasteiger partial charge in [0, 0.05) is 12.8 Å². The summed E-state index contributed by atoms with van der Waals surface area (Å²) < 4.78 is 0. The molecule has 2 amide bonds. The first-order chi connectivity index (χ1) is 19.4. The van der Waals surface area contributed by atoms with Crippen molar-refractivity contribution in [3.05, 3.63) is 71.3 Å². The summed E-state index contributed by atoms with van der Waals surface area (Å²) in [5.74, 6) is -6.07. The molecule has 0 aliphatic rings. The second kappa shape index (κ2) is 17.0. The minimum absolute atomic E-state index is 0.0636. The van der Waals surface area contributed by atoms with Gasteiger partial charge in [0.2, 0.25) is 0 Å². The summed E-state index contributed by atoms with van der Waals surface area (Å²) in [6.07, 6.45) is -0.128. The summed E-state index contributed by atoms with van der Waals surface area (Å²) in [5.41, 5.74) is 1.01. The van der Waals surface area contributed by atoms with Crippen molar-refractivity contribution < 1.29 is 58.9 Å². The fraction of sp³-hybridized carbons (Fsp3) is 0.333. The number of carbonyl (C=O) groups excluding carboxylic acids is 4. The van der Waals surface area contributed by atoms with E-state index in [0.717, 1.165) is 0 Å². The van der Waals surface area contributed by atoms with Crippen LogP contribution in [0, 0.1) is 6.92 Å². The average Bonchev–Trinajstić information content (AvgIpc) is 2.96. The largest absolute Gasteiger partial charge is 0.480 e. The van der Waals surface area contributed by atoms with Crippen molar-refractivity contribution in [1.82, 2.24) is 10.1 Å². The van der Waals surface area contributed by atoms with Gasteiger partial charge in [0.1, 0.15) is 0 Å². The highest BCUT2D eigenvalue weighted by atomic mass is 16.7. The molecule has 0 aliphatic carbocycles. The fourth-order valence-corrected chi connectivity index (χ4v) is 3.05. The molecule has 0 fully saturated rings. The van der Waals surface area contributed by atoms with Crippen LogP contribution in [0.1, 0.15) is 53.0 Å². The van der Waals surface area contributed by atoms with Gasteiger partial charge >= 0.3 is 23.9 Å². The van der Waals surface area contributed by atoms with Crippen molar-refractivity contribution in [2.45, 2.75) is 45.7 Å². The fourth-order valence-electron chi connectivity index (χ4n) is 3.05. The number of carboxylic acids is 2. The number of amides is 2. The van der Waals surface area contributed by atoms with Crippen LogP contribution in [-0.2, 0) is 28.9 Å². The molecule has 2 rings (SSSR count). The van der Waals surface area contributed by atoms with Gasteiger partial charge in [0.25, 0.3) is 11.8 Å². The molecule has 0 aromatic heterocycles. The smallest absolute Gasteiger partial charge is 0.363 e. The zero-order valence-corrected chi connectivity index (χ0v) is 22.6. The van der Waals surface area contributed by atoms with Crippen molar-refractivity contribution >= 4 is 35.7 Å². The molecule has 0 bridgehead atoms. The van der Waals surface area contributed by atoms with Crippen LogP contribution in [0.3, 0.4) is 0 Å². The van der Waals surface area contributed by atoms with Gasteiger partial charge in [-0.25, -0.2) is 19.2 Å². The van der Waals surface area contributed by atoms with Crippen LogP contribution in [-0.4, -0.2) is 91.5 Å². The number of carboxylic acid groups (broad SMARTS) is 2. The molecule has 4 N–H and O–H groups in total. The first-order valence-corrected chi connectivity index (χ1v) is 12.3. The molecule has 41 heavy (non-hydrogen) atoms. The number of aliphatic hydroxyl groups is 2. The molecule has 0 saturated heterocycles. The lowest BCUT2D eigenvalue weighted by Crippen LogP contribution is -2.48. The van der Waals surface area contributed by atoms with Crippen LogP contribution >= 0.6 is 0 Å². The predicted molar refractivity (Wildman–Crippen MR) is 140 cm³/mol. The number of rotatable bonds is 10. The van der Waals surface area contributed by atoms with Gasteiger partial charge in [-0.3, -0.25) is 9.59 Å². The van der Waals surface area contributed by atoms with Gasteiger partial charge in [-0.1, -0.05) is 50.2 Å². The zero-order chi connectivity index (χ0) is 31.1. The van der Waals surface area contributed by atoms with Gasteiger partial charge in [0.15, 0.2) is 12.1 Å². The Labute approximate surface area is 235 Å². The van der Waals surface area contributed by atoms with E-state index in [-0.39, 0.29) is 24.0 Å². The van der Waals surface area contributed by atoms with Crippen molar-refractivity contribution in [3.63, 3.8) is 0 Å². The minimum Gasteiger partial charge on any atom is -0.480 e. The third-order valence-corrected chi connectivity index (χ3v) is 5.32. The molecule has 0 heterocycles. The summed E-state index contributed by atoms with van der Waals surface area (Å²) in [6, 6.07) is 11.1. The number of aryl methyl sites for hydroxylation is 1. The Morgan fingerprint density at radius 3 is 1.49 bits per heavy atom. The van der Waals surface area contributed by atoms with E-state index in [2.05, 4.69) is 0 Å². The summed E-state index contributed by atoms with van der Waals surface area (Å²) >= 11 is 0. The van der Waals surface area contributed by atoms with E-state index >= 15 is 0 Å².